The van der Waals surface area contributed by atoms with Crippen LogP contribution in [-0.4, -0.2) is 63.8 Å². The number of hydrogen-bond acceptors (Lipinski definition) is 5. The summed E-state index contributed by atoms with van der Waals surface area (Å²) in [5, 5.41) is 14.7. The SMILES string of the molecule is CCN(CC(=O)O)C1CC(NC(=O)NCc2nc3cc(OC)ccc3n2C)C1. The maximum absolute atomic E-state index is 12.2. The third-order valence-electron chi connectivity index (χ3n) is 5.30. The van der Waals surface area contributed by atoms with Crippen molar-refractivity contribution < 1.29 is 19.4 Å². The molecule has 2 aromatic rings. The molecule has 1 aliphatic rings. The predicted molar refractivity (Wildman–Crippen MR) is 104 cm³/mol. The minimum Gasteiger partial charge on any atom is -0.497 e. The van der Waals surface area contributed by atoms with E-state index >= 15 is 0 Å². The molecule has 1 aromatic heterocycles. The predicted octanol–water partition coefficient (Wildman–Crippen LogP) is 1.32. The number of rotatable bonds is 8. The zero-order valence-corrected chi connectivity index (χ0v) is 16.4. The Hall–Kier alpha value is -2.81. The Bertz CT molecular complexity index is 859. The van der Waals surface area contributed by atoms with E-state index in [0.29, 0.717) is 13.1 Å². The first-order chi connectivity index (χ1) is 13.4. The summed E-state index contributed by atoms with van der Waals surface area (Å²) in [6.45, 7) is 2.99. The number of carboxylic acids is 1. The summed E-state index contributed by atoms with van der Waals surface area (Å²) in [6.07, 6.45) is 1.53. The number of urea groups is 1. The van der Waals surface area contributed by atoms with E-state index in [1.54, 1.807) is 7.11 Å². The van der Waals surface area contributed by atoms with Crippen molar-refractivity contribution in [3.8, 4) is 5.75 Å². The third-order valence-corrected chi connectivity index (χ3v) is 5.30. The minimum atomic E-state index is -0.823. The molecule has 1 aromatic carbocycles. The zero-order chi connectivity index (χ0) is 20.3. The number of nitrogens with zero attached hydrogens (tertiary/aromatic N) is 3. The summed E-state index contributed by atoms with van der Waals surface area (Å²) in [5.41, 5.74) is 1.79. The van der Waals surface area contributed by atoms with Crippen LogP contribution in [0.1, 0.15) is 25.6 Å². The number of fused-ring (bicyclic) bond motifs is 1. The van der Waals surface area contributed by atoms with Crippen LogP contribution in [0.4, 0.5) is 4.79 Å². The molecule has 3 rings (SSSR count). The molecule has 0 bridgehead atoms. The monoisotopic (exact) mass is 389 g/mol. The van der Waals surface area contributed by atoms with Gasteiger partial charge in [-0.15, -0.1) is 0 Å². The van der Waals surface area contributed by atoms with Crippen molar-refractivity contribution in [1.29, 1.82) is 0 Å². The average molecular weight is 389 g/mol. The number of methoxy groups -OCH3 is 1. The number of ether oxygens (including phenoxy) is 1. The Morgan fingerprint density at radius 2 is 2.14 bits per heavy atom. The van der Waals surface area contributed by atoms with Gasteiger partial charge in [0.1, 0.15) is 11.6 Å². The van der Waals surface area contributed by atoms with Crippen molar-refractivity contribution in [2.75, 3.05) is 20.2 Å². The number of benzene rings is 1. The van der Waals surface area contributed by atoms with E-state index in [9.17, 15) is 9.59 Å². The molecule has 0 radical (unpaired) electrons. The number of imidazole rings is 1. The zero-order valence-electron chi connectivity index (χ0n) is 16.4. The summed E-state index contributed by atoms with van der Waals surface area (Å²) >= 11 is 0. The highest BCUT2D eigenvalue weighted by atomic mass is 16.5. The Labute approximate surface area is 163 Å². The number of carbonyl (C=O) groups is 2. The van der Waals surface area contributed by atoms with Crippen LogP contribution >= 0.6 is 0 Å². The lowest BCUT2D eigenvalue weighted by atomic mass is 9.85. The highest BCUT2D eigenvalue weighted by Gasteiger charge is 2.34. The van der Waals surface area contributed by atoms with E-state index in [1.807, 2.05) is 41.6 Å². The molecule has 9 heteroatoms. The summed E-state index contributed by atoms with van der Waals surface area (Å²) in [7, 11) is 3.53. The van der Waals surface area contributed by atoms with Gasteiger partial charge in [-0.25, -0.2) is 9.78 Å². The Balaban J connectivity index is 1.48. The molecule has 0 saturated heterocycles. The van der Waals surface area contributed by atoms with Crippen LogP contribution in [0, 0.1) is 0 Å². The van der Waals surface area contributed by atoms with Gasteiger partial charge in [-0.3, -0.25) is 9.69 Å². The lowest BCUT2D eigenvalue weighted by molar-refractivity contribution is -0.139. The molecule has 0 spiro atoms. The topological polar surface area (TPSA) is 109 Å². The van der Waals surface area contributed by atoms with Gasteiger partial charge in [-0.05, 0) is 31.5 Å². The molecule has 152 valence electrons. The first kappa shape index (κ1) is 19.9. The number of likely N-dealkylation sites (N-methyl/N-ethyl adjacent to an activating group) is 1. The van der Waals surface area contributed by atoms with Gasteiger partial charge in [-0.2, -0.15) is 0 Å². The molecule has 2 amide bonds. The molecule has 1 fully saturated rings. The number of amides is 2. The van der Waals surface area contributed by atoms with Crippen molar-refractivity contribution in [2.24, 2.45) is 7.05 Å². The van der Waals surface area contributed by atoms with Crippen LogP contribution in [0.5, 0.6) is 5.75 Å². The van der Waals surface area contributed by atoms with E-state index in [0.717, 1.165) is 35.4 Å². The summed E-state index contributed by atoms with van der Waals surface area (Å²) in [4.78, 5) is 29.5. The van der Waals surface area contributed by atoms with E-state index in [1.165, 1.54) is 0 Å². The molecular formula is C19H27N5O4. The van der Waals surface area contributed by atoms with Crippen LogP contribution in [0.15, 0.2) is 18.2 Å². The molecule has 9 nitrogen and oxygen atoms in total. The molecule has 0 unspecified atom stereocenters. The van der Waals surface area contributed by atoms with Crippen molar-refractivity contribution in [2.45, 2.75) is 38.4 Å². The van der Waals surface area contributed by atoms with Gasteiger partial charge >= 0.3 is 12.0 Å². The quantitative estimate of drug-likeness (QED) is 0.628. The molecule has 1 heterocycles. The fraction of sp³-hybridized carbons (Fsp3) is 0.526. The molecule has 1 saturated carbocycles. The van der Waals surface area contributed by atoms with Crippen molar-refractivity contribution in [3.05, 3.63) is 24.0 Å². The van der Waals surface area contributed by atoms with Crippen molar-refractivity contribution >= 4 is 23.0 Å². The fourth-order valence-corrected chi connectivity index (χ4v) is 3.59. The maximum Gasteiger partial charge on any atom is 0.317 e. The smallest absolute Gasteiger partial charge is 0.317 e. The molecule has 0 atom stereocenters. The van der Waals surface area contributed by atoms with E-state index < -0.39 is 5.97 Å². The van der Waals surface area contributed by atoms with E-state index in [4.69, 9.17) is 9.84 Å². The minimum absolute atomic E-state index is 0.0393. The maximum atomic E-state index is 12.2. The Morgan fingerprint density at radius 3 is 2.79 bits per heavy atom. The largest absolute Gasteiger partial charge is 0.497 e. The highest BCUT2D eigenvalue weighted by molar-refractivity contribution is 5.78. The van der Waals surface area contributed by atoms with Crippen LogP contribution in [0.2, 0.25) is 0 Å². The van der Waals surface area contributed by atoms with Gasteiger partial charge in [-0.1, -0.05) is 6.92 Å². The van der Waals surface area contributed by atoms with Gasteiger partial charge in [0, 0.05) is 25.2 Å². The van der Waals surface area contributed by atoms with E-state index in [2.05, 4.69) is 15.6 Å². The van der Waals surface area contributed by atoms with Crippen LogP contribution in [0.3, 0.4) is 0 Å². The first-order valence-electron chi connectivity index (χ1n) is 9.40. The van der Waals surface area contributed by atoms with Gasteiger partial charge in [0.2, 0.25) is 0 Å². The summed E-state index contributed by atoms with van der Waals surface area (Å²) in [5.74, 6) is 0.672. The number of hydrogen-bond donors (Lipinski definition) is 3. The number of aryl methyl sites for hydroxylation is 1. The lowest BCUT2D eigenvalue weighted by Crippen LogP contribution is -2.56. The number of carboxylic acid groups (broad SMARTS) is 1. The number of aliphatic carboxylic acids is 1. The first-order valence-corrected chi connectivity index (χ1v) is 9.40. The van der Waals surface area contributed by atoms with E-state index in [-0.39, 0.29) is 24.7 Å². The molecular weight excluding hydrogens is 362 g/mol. The average Bonchev–Trinajstić information content (AvgIpc) is 2.96. The third kappa shape index (κ3) is 4.36. The van der Waals surface area contributed by atoms with Crippen LogP contribution in [0.25, 0.3) is 11.0 Å². The molecule has 1 aliphatic carbocycles. The van der Waals surface area contributed by atoms with Crippen molar-refractivity contribution in [3.63, 3.8) is 0 Å². The Kier molecular flexibility index (Phi) is 6.03. The van der Waals surface area contributed by atoms with Gasteiger partial charge in [0.05, 0.1) is 31.2 Å². The second-order valence-electron chi connectivity index (χ2n) is 7.05. The number of aromatic nitrogens is 2. The van der Waals surface area contributed by atoms with Crippen LogP contribution in [-0.2, 0) is 18.4 Å². The summed E-state index contributed by atoms with van der Waals surface area (Å²) < 4.78 is 7.17. The normalized spacial score (nSPS) is 18.7. The molecule has 28 heavy (non-hydrogen) atoms. The van der Waals surface area contributed by atoms with Crippen LogP contribution < -0.4 is 15.4 Å². The second kappa shape index (κ2) is 8.47. The standard InChI is InChI=1S/C19H27N5O4/c1-4-24(11-18(25)26)13-7-12(8-13)21-19(27)20-10-17-22-15-9-14(28-3)5-6-16(15)23(17)2/h5-6,9,12-13H,4,7-8,10-11H2,1-3H3,(H,25,26)(H2,20,21,27). The number of nitrogens with one attached hydrogen (secondary N) is 2. The molecule has 0 aliphatic heterocycles. The van der Waals surface area contributed by atoms with Gasteiger partial charge in [0.25, 0.3) is 0 Å². The lowest BCUT2D eigenvalue weighted by Gasteiger charge is -2.42. The fourth-order valence-electron chi connectivity index (χ4n) is 3.59. The second-order valence-corrected chi connectivity index (χ2v) is 7.05. The van der Waals surface area contributed by atoms with Crippen molar-refractivity contribution in [1.82, 2.24) is 25.1 Å². The van der Waals surface area contributed by atoms with Gasteiger partial charge < -0.3 is 25.0 Å². The molecule has 3 N–H and O–H groups in total. The number of carbonyl (C=O) groups excluding carboxylic acids is 1. The summed E-state index contributed by atoms with van der Waals surface area (Å²) in [6, 6.07) is 5.72. The Morgan fingerprint density at radius 1 is 1.39 bits per heavy atom. The highest BCUT2D eigenvalue weighted by Crippen LogP contribution is 2.25. The van der Waals surface area contributed by atoms with Gasteiger partial charge in [0.15, 0.2) is 0 Å².